The van der Waals surface area contributed by atoms with Gasteiger partial charge in [0.15, 0.2) is 0 Å². The zero-order valence-corrected chi connectivity index (χ0v) is 11.7. The first-order valence-corrected chi connectivity index (χ1v) is 6.90. The summed E-state index contributed by atoms with van der Waals surface area (Å²) in [5.41, 5.74) is 0. The largest absolute Gasteiger partial charge is 0.337 e. The fourth-order valence-electron chi connectivity index (χ4n) is 1.58. The Morgan fingerprint density at radius 2 is 2.37 bits per heavy atom. The minimum absolute atomic E-state index is 0.301. The lowest BCUT2D eigenvalue weighted by Crippen LogP contribution is -2.30. The van der Waals surface area contributed by atoms with Crippen LogP contribution in [0.2, 0.25) is 0 Å². The summed E-state index contributed by atoms with van der Waals surface area (Å²) in [7, 11) is 1.80. The van der Waals surface area contributed by atoms with Crippen molar-refractivity contribution in [1.29, 1.82) is 0 Å². The molecule has 0 spiro atoms. The van der Waals surface area contributed by atoms with Crippen molar-refractivity contribution in [3.05, 3.63) is 22.4 Å². The van der Waals surface area contributed by atoms with Gasteiger partial charge in [-0.2, -0.15) is 4.98 Å². The molecule has 0 saturated carbocycles. The van der Waals surface area contributed by atoms with Gasteiger partial charge in [-0.25, -0.2) is 9.78 Å². The highest BCUT2D eigenvalue weighted by atomic mass is 32.1. The molecule has 8 heteroatoms. The fraction of sp³-hybridized carbons (Fsp3) is 0.455. The maximum Gasteiger partial charge on any atom is 0.321 e. The molecule has 0 aromatic carbocycles. The van der Waals surface area contributed by atoms with E-state index in [4.69, 9.17) is 0 Å². The number of hydrogen-bond acceptors (Lipinski definition) is 5. The first-order valence-electron chi connectivity index (χ1n) is 6.02. The number of hydrogen-bond donors (Lipinski definition) is 2. The normalized spacial score (nSPS) is 10.4. The number of urea groups is 1. The van der Waals surface area contributed by atoms with Crippen LogP contribution in [0.15, 0.2) is 11.6 Å². The summed E-state index contributed by atoms with van der Waals surface area (Å²) < 4.78 is 1.66. The van der Waals surface area contributed by atoms with Crippen molar-refractivity contribution in [2.24, 2.45) is 7.05 Å². The molecule has 0 fully saturated rings. The minimum Gasteiger partial charge on any atom is -0.337 e. The van der Waals surface area contributed by atoms with Gasteiger partial charge in [0.1, 0.15) is 5.82 Å². The Morgan fingerprint density at radius 1 is 1.53 bits per heavy atom. The maximum absolute atomic E-state index is 11.6. The SMILES string of the molecule is CCc1nc(NC(=O)NCCc2nccs2)nn1C. The van der Waals surface area contributed by atoms with Gasteiger partial charge in [-0.1, -0.05) is 6.92 Å². The monoisotopic (exact) mass is 280 g/mol. The molecule has 0 radical (unpaired) electrons. The molecule has 0 unspecified atom stereocenters. The maximum atomic E-state index is 11.6. The number of amides is 2. The second kappa shape index (κ2) is 6.28. The number of rotatable bonds is 5. The number of aromatic nitrogens is 4. The molecule has 7 nitrogen and oxygen atoms in total. The van der Waals surface area contributed by atoms with Crippen molar-refractivity contribution in [1.82, 2.24) is 25.1 Å². The summed E-state index contributed by atoms with van der Waals surface area (Å²) in [5, 5.41) is 12.4. The van der Waals surface area contributed by atoms with E-state index in [1.807, 2.05) is 12.3 Å². The summed E-state index contributed by atoms with van der Waals surface area (Å²) >= 11 is 1.58. The van der Waals surface area contributed by atoms with Gasteiger partial charge in [-0.15, -0.1) is 16.4 Å². The Morgan fingerprint density at radius 3 is 3.00 bits per heavy atom. The van der Waals surface area contributed by atoms with Crippen LogP contribution in [0.1, 0.15) is 17.8 Å². The summed E-state index contributed by atoms with van der Waals surface area (Å²) in [6.45, 7) is 2.52. The number of carbonyl (C=O) groups excluding carboxylic acids is 1. The van der Waals surface area contributed by atoms with E-state index >= 15 is 0 Å². The van der Waals surface area contributed by atoms with Crippen molar-refractivity contribution in [2.45, 2.75) is 19.8 Å². The van der Waals surface area contributed by atoms with Gasteiger partial charge in [0.05, 0.1) is 5.01 Å². The molecule has 2 rings (SSSR count). The zero-order valence-electron chi connectivity index (χ0n) is 10.9. The van der Waals surface area contributed by atoms with Gasteiger partial charge < -0.3 is 5.32 Å². The zero-order chi connectivity index (χ0) is 13.7. The summed E-state index contributed by atoms with van der Waals surface area (Å²) in [4.78, 5) is 20.0. The van der Waals surface area contributed by atoms with E-state index in [-0.39, 0.29) is 6.03 Å². The summed E-state index contributed by atoms with van der Waals surface area (Å²) in [6.07, 6.45) is 3.25. The van der Waals surface area contributed by atoms with Crippen molar-refractivity contribution < 1.29 is 4.79 Å². The van der Waals surface area contributed by atoms with Crippen molar-refractivity contribution in [3.8, 4) is 0 Å². The Balaban J connectivity index is 1.77. The van der Waals surface area contributed by atoms with Crippen LogP contribution in [0.3, 0.4) is 0 Å². The van der Waals surface area contributed by atoms with Crippen LogP contribution in [0, 0.1) is 0 Å². The van der Waals surface area contributed by atoms with E-state index in [2.05, 4.69) is 25.7 Å². The molecule has 0 bridgehead atoms. The molecule has 102 valence electrons. The summed E-state index contributed by atoms with van der Waals surface area (Å²) in [5.74, 6) is 1.16. The highest BCUT2D eigenvalue weighted by molar-refractivity contribution is 7.09. The standard InChI is InChI=1S/C11H16N6OS/c1-3-8-14-10(16-17(8)2)15-11(18)13-5-4-9-12-6-7-19-9/h6-7H,3-5H2,1-2H3,(H2,13,15,16,18). The lowest BCUT2D eigenvalue weighted by Gasteiger charge is -2.03. The van der Waals surface area contributed by atoms with Gasteiger partial charge in [-0.3, -0.25) is 10.00 Å². The molecular weight excluding hydrogens is 264 g/mol. The number of thiazole rings is 1. The van der Waals surface area contributed by atoms with Crippen LogP contribution in [0.5, 0.6) is 0 Å². The van der Waals surface area contributed by atoms with Gasteiger partial charge >= 0.3 is 6.03 Å². The van der Waals surface area contributed by atoms with E-state index in [0.717, 1.165) is 23.7 Å². The third-order valence-corrected chi connectivity index (χ3v) is 3.34. The number of nitrogens with zero attached hydrogens (tertiary/aromatic N) is 4. The Bertz CT molecular complexity index is 535. The van der Waals surface area contributed by atoms with E-state index in [1.165, 1.54) is 0 Å². The fourth-order valence-corrected chi connectivity index (χ4v) is 2.20. The third kappa shape index (κ3) is 3.75. The molecule has 2 heterocycles. The Kier molecular flexibility index (Phi) is 4.45. The van der Waals surface area contributed by atoms with Crippen LogP contribution < -0.4 is 10.6 Å². The van der Waals surface area contributed by atoms with Crippen molar-refractivity contribution in [3.63, 3.8) is 0 Å². The molecule has 0 aliphatic heterocycles. The topological polar surface area (TPSA) is 84.7 Å². The van der Waals surface area contributed by atoms with Crippen LogP contribution in [-0.2, 0) is 19.9 Å². The lowest BCUT2D eigenvalue weighted by molar-refractivity contribution is 0.252. The van der Waals surface area contributed by atoms with E-state index < -0.39 is 0 Å². The van der Waals surface area contributed by atoms with E-state index in [9.17, 15) is 4.79 Å². The average Bonchev–Trinajstić information content (AvgIpc) is 2.99. The number of nitrogens with one attached hydrogen (secondary N) is 2. The third-order valence-electron chi connectivity index (χ3n) is 2.50. The van der Waals surface area contributed by atoms with Gasteiger partial charge in [0.25, 0.3) is 0 Å². The first kappa shape index (κ1) is 13.5. The highest BCUT2D eigenvalue weighted by Gasteiger charge is 2.08. The van der Waals surface area contributed by atoms with Gasteiger partial charge in [0, 0.05) is 38.0 Å². The average molecular weight is 280 g/mol. The van der Waals surface area contributed by atoms with Crippen LogP contribution in [-0.4, -0.2) is 32.3 Å². The Hall–Kier alpha value is -1.96. The van der Waals surface area contributed by atoms with Crippen LogP contribution in [0.25, 0.3) is 0 Å². The van der Waals surface area contributed by atoms with Crippen LogP contribution in [0.4, 0.5) is 10.7 Å². The second-order valence-electron chi connectivity index (χ2n) is 3.89. The highest BCUT2D eigenvalue weighted by Crippen LogP contribution is 2.04. The molecule has 0 atom stereocenters. The minimum atomic E-state index is -0.301. The lowest BCUT2D eigenvalue weighted by atomic mass is 10.4. The predicted octanol–water partition coefficient (Wildman–Crippen LogP) is 1.20. The van der Waals surface area contributed by atoms with Crippen molar-refractivity contribution >= 4 is 23.3 Å². The molecule has 0 aliphatic carbocycles. The van der Waals surface area contributed by atoms with E-state index in [1.54, 1.807) is 29.3 Å². The van der Waals surface area contributed by atoms with Crippen molar-refractivity contribution in [2.75, 3.05) is 11.9 Å². The molecule has 2 aromatic rings. The van der Waals surface area contributed by atoms with Gasteiger partial charge in [-0.05, 0) is 0 Å². The van der Waals surface area contributed by atoms with E-state index in [0.29, 0.717) is 12.5 Å². The predicted molar refractivity (Wildman–Crippen MR) is 73.2 cm³/mol. The Labute approximate surface area is 115 Å². The molecule has 19 heavy (non-hydrogen) atoms. The number of aryl methyl sites for hydroxylation is 2. The quantitative estimate of drug-likeness (QED) is 0.862. The molecule has 2 amide bonds. The molecule has 2 N–H and O–H groups in total. The van der Waals surface area contributed by atoms with Gasteiger partial charge in [0.2, 0.25) is 5.95 Å². The van der Waals surface area contributed by atoms with Crippen LogP contribution >= 0.6 is 11.3 Å². The smallest absolute Gasteiger partial charge is 0.321 e. The molecular formula is C11H16N6OS. The number of anilines is 1. The number of carbonyl (C=O) groups is 1. The molecule has 0 saturated heterocycles. The first-order chi connectivity index (χ1) is 9.19. The molecule has 0 aliphatic rings. The summed E-state index contributed by atoms with van der Waals surface area (Å²) in [6, 6.07) is -0.301. The second-order valence-corrected chi connectivity index (χ2v) is 4.86. The molecule has 2 aromatic heterocycles.